The number of nitrogens with two attached hydrogens (primary N) is 1. The molecule has 2 aliphatic heterocycles. The van der Waals surface area contributed by atoms with E-state index >= 15 is 0 Å². The fourth-order valence-corrected chi connectivity index (χ4v) is 3.85. The van der Waals surface area contributed by atoms with Gasteiger partial charge in [-0.15, -0.1) is 0 Å². The van der Waals surface area contributed by atoms with Crippen LogP contribution in [0.3, 0.4) is 0 Å². The number of amides is 1. The molecule has 1 amide bonds. The Labute approximate surface area is 109 Å². The summed E-state index contributed by atoms with van der Waals surface area (Å²) >= 11 is 0. The molecule has 3 fully saturated rings. The summed E-state index contributed by atoms with van der Waals surface area (Å²) in [5.41, 5.74) is 6.04. The Kier molecular flexibility index (Phi) is 3.57. The molecule has 2 heterocycles. The zero-order valence-corrected chi connectivity index (χ0v) is 11.0. The van der Waals surface area contributed by atoms with E-state index in [-0.39, 0.29) is 5.92 Å². The summed E-state index contributed by atoms with van der Waals surface area (Å²) in [7, 11) is 0. The molecule has 1 saturated carbocycles. The van der Waals surface area contributed by atoms with Crippen LogP contribution in [-0.2, 0) is 9.53 Å². The summed E-state index contributed by atoms with van der Waals surface area (Å²) in [5, 5.41) is 0. The van der Waals surface area contributed by atoms with Gasteiger partial charge in [-0.2, -0.15) is 0 Å². The second-order valence-electron chi connectivity index (χ2n) is 6.22. The maximum absolute atomic E-state index is 12.5. The molecule has 1 unspecified atom stereocenters. The predicted octanol–water partition coefficient (Wildman–Crippen LogP) is 0.999. The number of carbonyl (C=O) groups is 1. The normalized spacial score (nSPS) is 37.6. The first-order valence-corrected chi connectivity index (χ1v) is 7.36. The van der Waals surface area contributed by atoms with E-state index in [1.807, 2.05) is 0 Å². The molecule has 3 rings (SSSR count). The van der Waals surface area contributed by atoms with Crippen molar-refractivity contribution in [2.45, 2.75) is 38.1 Å². The lowest BCUT2D eigenvalue weighted by Gasteiger charge is -2.27. The van der Waals surface area contributed by atoms with Gasteiger partial charge in [-0.05, 0) is 43.9 Å². The van der Waals surface area contributed by atoms with E-state index in [1.165, 1.54) is 6.42 Å². The van der Waals surface area contributed by atoms with Gasteiger partial charge in [0.1, 0.15) is 0 Å². The summed E-state index contributed by atoms with van der Waals surface area (Å²) in [5.74, 6) is 1.97. The molecule has 3 aliphatic rings. The zero-order valence-electron chi connectivity index (χ0n) is 11.0. The second-order valence-corrected chi connectivity index (χ2v) is 6.22. The molecule has 102 valence electrons. The highest BCUT2D eigenvalue weighted by Gasteiger charge is 2.40. The quantitative estimate of drug-likeness (QED) is 0.757. The number of rotatable bonds is 1. The van der Waals surface area contributed by atoms with Crippen molar-refractivity contribution in [3.63, 3.8) is 0 Å². The van der Waals surface area contributed by atoms with Crippen molar-refractivity contribution in [1.82, 2.24) is 4.90 Å². The summed E-state index contributed by atoms with van der Waals surface area (Å²) in [6.07, 6.45) is 5.28. The van der Waals surface area contributed by atoms with Crippen molar-refractivity contribution in [1.29, 1.82) is 0 Å². The van der Waals surface area contributed by atoms with Gasteiger partial charge < -0.3 is 15.4 Å². The first kappa shape index (κ1) is 12.4. The monoisotopic (exact) mass is 252 g/mol. The number of nitrogens with zero attached hydrogens (tertiary/aromatic N) is 1. The molecular weight excluding hydrogens is 228 g/mol. The minimum Gasteiger partial charge on any atom is -0.381 e. The molecule has 0 aromatic heterocycles. The Morgan fingerprint density at radius 2 is 1.78 bits per heavy atom. The molecule has 2 saturated heterocycles. The van der Waals surface area contributed by atoms with Crippen LogP contribution in [0.15, 0.2) is 0 Å². The Morgan fingerprint density at radius 1 is 1.06 bits per heavy atom. The lowest BCUT2D eigenvalue weighted by molar-refractivity contribution is -0.137. The van der Waals surface area contributed by atoms with Gasteiger partial charge >= 0.3 is 0 Å². The summed E-state index contributed by atoms with van der Waals surface area (Å²) in [4.78, 5) is 14.6. The van der Waals surface area contributed by atoms with E-state index in [4.69, 9.17) is 10.5 Å². The van der Waals surface area contributed by atoms with Gasteiger partial charge in [0.2, 0.25) is 5.91 Å². The van der Waals surface area contributed by atoms with Crippen LogP contribution < -0.4 is 5.73 Å². The van der Waals surface area contributed by atoms with Gasteiger partial charge in [-0.1, -0.05) is 0 Å². The van der Waals surface area contributed by atoms with E-state index in [0.29, 0.717) is 23.8 Å². The number of hydrogen-bond donors (Lipinski definition) is 1. The van der Waals surface area contributed by atoms with E-state index < -0.39 is 0 Å². The molecular formula is C14H24N2O2. The van der Waals surface area contributed by atoms with Crippen molar-refractivity contribution in [3.05, 3.63) is 0 Å². The lowest BCUT2D eigenvalue weighted by Crippen LogP contribution is -2.37. The maximum atomic E-state index is 12.5. The topological polar surface area (TPSA) is 55.6 Å². The lowest BCUT2D eigenvalue weighted by atomic mass is 9.79. The maximum Gasteiger partial charge on any atom is 0.225 e. The number of hydrogen-bond acceptors (Lipinski definition) is 3. The smallest absolute Gasteiger partial charge is 0.225 e. The average molecular weight is 252 g/mol. The highest BCUT2D eigenvalue weighted by molar-refractivity contribution is 5.79. The number of likely N-dealkylation sites (tertiary alicyclic amines) is 1. The molecule has 0 bridgehead atoms. The molecule has 4 heteroatoms. The van der Waals surface area contributed by atoms with Crippen molar-refractivity contribution >= 4 is 5.91 Å². The third kappa shape index (κ3) is 2.41. The minimum absolute atomic E-state index is 0.215. The van der Waals surface area contributed by atoms with Gasteiger partial charge in [0.25, 0.3) is 0 Å². The fourth-order valence-electron chi connectivity index (χ4n) is 3.85. The molecule has 18 heavy (non-hydrogen) atoms. The molecule has 0 aromatic carbocycles. The average Bonchev–Trinajstić information content (AvgIpc) is 2.81. The summed E-state index contributed by atoms with van der Waals surface area (Å²) < 4.78 is 5.33. The van der Waals surface area contributed by atoms with Crippen molar-refractivity contribution in [3.8, 4) is 0 Å². The third-order valence-electron chi connectivity index (χ3n) is 4.97. The van der Waals surface area contributed by atoms with Gasteiger partial charge in [0.15, 0.2) is 0 Å². The van der Waals surface area contributed by atoms with Crippen molar-refractivity contribution in [2.24, 2.45) is 23.5 Å². The highest BCUT2D eigenvalue weighted by atomic mass is 16.5. The number of carbonyl (C=O) groups excluding carboxylic acids is 1. The van der Waals surface area contributed by atoms with Crippen LogP contribution in [0.2, 0.25) is 0 Å². The zero-order chi connectivity index (χ0) is 12.5. The van der Waals surface area contributed by atoms with Crippen molar-refractivity contribution in [2.75, 3.05) is 26.3 Å². The van der Waals surface area contributed by atoms with Crippen LogP contribution >= 0.6 is 0 Å². The second kappa shape index (κ2) is 5.17. The first-order valence-electron chi connectivity index (χ1n) is 7.36. The van der Waals surface area contributed by atoms with Gasteiger partial charge in [-0.25, -0.2) is 0 Å². The van der Waals surface area contributed by atoms with Crippen LogP contribution in [0.25, 0.3) is 0 Å². The first-order chi connectivity index (χ1) is 8.74. The Bertz CT molecular complexity index is 315. The van der Waals surface area contributed by atoms with Gasteiger partial charge in [0.05, 0.1) is 0 Å². The van der Waals surface area contributed by atoms with Crippen LogP contribution in [-0.4, -0.2) is 43.2 Å². The SMILES string of the molecule is NC1CC[C@@H]2CN(C(=O)C3CCOCC3)C[C@@H]2C1. The van der Waals surface area contributed by atoms with Crippen LogP contribution in [0, 0.1) is 17.8 Å². The molecule has 2 N–H and O–H groups in total. The molecule has 0 aromatic rings. The van der Waals surface area contributed by atoms with Crippen LogP contribution in [0.4, 0.5) is 0 Å². The molecule has 1 aliphatic carbocycles. The molecule has 4 nitrogen and oxygen atoms in total. The summed E-state index contributed by atoms with van der Waals surface area (Å²) in [6.45, 7) is 3.44. The Morgan fingerprint density at radius 3 is 2.56 bits per heavy atom. The molecule has 0 radical (unpaired) electrons. The number of fused-ring (bicyclic) bond motifs is 1. The highest BCUT2D eigenvalue weighted by Crippen LogP contribution is 2.36. The number of ether oxygens (including phenoxy) is 1. The largest absolute Gasteiger partial charge is 0.381 e. The van der Waals surface area contributed by atoms with Gasteiger partial charge in [0, 0.05) is 38.3 Å². The van der Waals surface area contributed by atoms with Gasteiger partial charge in [-0.3, -0.25) is 4.79 Å². The molecule has 0 spiro atoms. The van der Waals surface area contributed by atoms with E-state index in [9.17, 15) is 4.79 Å². The summed E-state index contributed by atoms with van der Waals surface area (Å²) in [6, 6.07) is 0.365. The van der Waals surface area contributed by atoms with E-state index in [2.05, 4.69) is 4.90 Å². The van der Waals surface area contributed by atoms with E-state index in [1.54, 1.807) is 0 Å². The third-order valence-corrected chi connectivity index (χ3v) is 4.97. The Balaban J connectivity index is 1.59. The minimum atomic E-state index is 0.215. The standard InChI is InChI=1S/C14H24N2O2/c15-13-2-1-11-8-16(9-12(11)7-13)14(17)10-3-5-18-6-4-10/h10-13H,1-9,15H2/t11-,12+,13?/m1/s1. The van der Waals surface area contributed by atoms with E-state index in [0.717, 1.165) is 52.0 Å². The van der Waals surface area contributed by atoms with Crippen molar-refractivity contribution < 1.29 is 9.53 Å². The van der Waals surface area contributed by atoms with Crippen LogP contribution in [0.1, 0.15) is 32.1 Å². The fraction of sp³-hybridized carbons (Fsp3) is 0.929. The molecule has 3 atom stereocenters. The van der Waals surface area contributed by atoms with Crippen LogP contribution in [0.5, 0.6) is 0 Å². The Hall–Kier alpha value is -0.610. The predicted molar refractivity (Wildman–Crippen MR) is 68.9 cm³/mol.